The van der Waals surface area contributed by atoms with Crippen molar-refractivity contribution in [3.05, 3.63) is 24.3 Å². The van der Waals surface area contributed by atoms with Gasteiger partial charge >= 0.3 is 0 Å². The summed E-state index contributed by atoms with van der Waals surface area (Å²) in [5.74, 6) is 0.800. The van der Waals surface area contributed by atoms with Gasteiger partial charge in [-0.05, 0) is 31.1 Å². The third kappa shape index (κ3) is 2.23. The standard InChI is InChI=1S/C12H20/c1-4-5-6-8-11-9-7-10-12(11,2)3/h4-6,8,11H,7,9-10H2,1-3H3/b5-4+,8-6+. The van der Waals surface area contributed by atoms with Gasteiger partial charge in [-0.2, -0.15) is 0 Å². The zero-order valence-corrected chi connectivity index (χ0v) is 8.51. The van der Waals surface area contributed by atoms with Crippen LogP contribution in [-0.2, 0) is 0 Å². The molecular formula is C12H20. The number of hydrogen-bond acceptors (Lipinski definition) is 0. The van der Waals surface area contributed by atoms with Crippen molar-refractivity contribution in [2.45, 2.75) is 40.0 Å². The molecule has 1 aliphatic carbocycles. The summed E-state index contributed by atoms with van der Waals surface area (Å²) in [6.07, 6.45) is 12.9. The molecule has 0 N–H and O–H groups in total. The lowest BCUT2D eigenvalue weighted by Crippen LogP contribution is -2.14. The van der Waals surface area contributed by atoms with Gasteiger partial charge in [0, 0.05) is 0 Å². The second-order valence-corrected chi connectivity index (χ2v) is 4.40. The van der Waals surface area contributed by atoms with E-state index in [-0.39, 0.29) is 0 Å². The normalized spacial score (nSPS) is 29.1. The average Bonchev–Trinajstić information content (AvgIpc) is 2.32. The predicted octanol–water partition coefficient (Wildman–Crippen LogP) is 3.95. The fourth-order valence-corrected chi connectivity index (χ4v) is 2.02. The van der Waals surface area contributed by atoms with E-state index in [9.17, 15) is 0 Å². The van der Waals surface area contributed by atoms with E-state index in [0.717, 1.165) is 5.92 Å². The molecule has 1 unspecified atom stereocenters. The minimum absolute atomic E-state index is 0.540. The number of rotatable bonds is 2. The van der Waals surface area contributed by atoms with E-state index in [0.29, 0.717) is 5.41 Å². The van der Waals surface area contributed by atoms with E-state index in [2.05, 4.69) is 45.1 Å². The molecule has 1 rings (SSSR count). The Bertz CT molecular complexity index is 184. The van der Waals surface area contributed by atoms with Crippen molar-refractivity contribution in [1.29, 1.82) is 0 Å². The van der Waals surface area contributed by atoms with Crippen LogP contribution in [0.25, 0.3) is 0 Å². The van der Waals surface area contributed by atoms with E-state index >= 15 is 0 Å². The van der Waals surface area contributed by atoms with Crippen LogP contribution < -0.4 is 0 Å². The van der Waals surface area contributed by atoms with Crippen molar-refractivity contribution in [3.63, 3.8) is 0 Å². The fraction of sp³-hybridized carbons (Fsp3) is 0.667. The van der Waals surface area contributed by atoms with Crippen molar-refractivity contribution in [2.24, 2.45) is 11.3 Å². The van der Waals surface area contributed by atoms with E-state index < -0.39 is 0 Å². The largest absolute Gasteiger partial charge is 0.0877 e. The van der Waals surface area contributed by atoms with Gasteiger partial charge in [0.25, 0.3) is 0 Å². The molecule has 0 aromatic heterocycles. The predicted molar refractivity (Wildman–Crippen MR) is 55.1 cm³/mol. The van der Waals surface area contributed by atoms with Gasteiger partial charge in [-0.3, -0.25) is 0 Å². The van der Waals surface area contributed by atoms with Crippen LogP contribution >= 0.6 is 0 Å². The molecule has 0 bridgehead atoms. The minimum atomic E-state index is 0.540. The number of hydrogen-bond donors (Lipinski definition) is 0. The van der Waals surface area contributed by atoms with Gasteiger partial charge in [0.2, 0.25) is 0 Å². The summed E-state index contributed by atoms with van der Waals surface area (Å²) in [6, 6.07) is 0. The molecule has 0 aromatic rings. The Labute approximate surface area is 76.4 Å². The highest BCUT2D eigenvalue weighted by atomic mass is 14.4. The first-order valence-electron chi connectivity index (χ1n) is 4.96. The van der Waals surface area contributed by atoms with Crippen molar-refractivity contribution in [2.75, 3.05) is 0 Å². The summed E-state index contributed by atoms with van der Waals surface area (Å²) in [5.41, 5.74) is 0.540. The summed E-state index contributed by atoms with van der Waals surface area (Å²) in [7, 11) is 0. The Morgan fingerprint density at radius 2 is 2.00 bits per heavy atom. The van der Waals surface area contributed by atoms with Gasteiger partial charge in [-0.1, -0.05) is 44.6 Å². The van der Waals surface area contributed by atoms with Gasteiger partial charge in [-0.15, -0.1) is 0 Å². The van der Waals surface area contributed by atoms with Gasteiger partial charge in [0.15, 0.2) is 0 Å². The minimum Gasteiger partial charge on any atom is -0.0877 e. The number of allylic oxidation sites excluding steroid dienone is 4. The van der Waals surface area contributed by atoms with Crippen LogP contribution in [0.3, 0.4) is 0 Å². The molecule has 0 spiro atoms. The van der Waals surface area contributed by atoms with Gasteiger partial charge in [-0.25, -0.2) is 0 Å². The van der Waals surface area contributed by atoms with Crippen molar-refractivity contribution < 1.29 is 0 Å². The Morgan fingerprint density at radius 3 is 2.50 bits per heavy atom. The highest BCUT2D eigenvalue weighted by molar-refractivity contribution is 5.07. The van der Waals surface area contributed by atoms with Crippen LogP contribution in [0.5, 0.6) is 0 Å². The van der Waals surface area contributed by atoms with Crippen LogP contribution in [0.1, 0.15) is 40.0 Å². The van der Waals surface area contributed by atoms with E-state index in [1.807, 2.05) is 0 Å². The molecule has 1 atom stereocenters. The zero-order chi connectivity index (χ0) is 9.03. The highest BCUT2D eigenvalue weighted by Gasteiger charge is 2.31. The quantitative estimate of drug-likeness (QED) is 0.542. The molecule has 0 aliphatic heterocycles. The van der Waals surface area contributed by atoms with Gasteiger partial charge < -0.3 is 0 Å². The lowest BCUT2D eigenvalue weighted by Gasteiger charge is -2.23. The second-order valence-electron chi connectivity index (χ2n) is 4.40. The Morgan fingerprint density at radius 1 is 1.25 bits per heavy atom. The first-order chi connectivity index (χ1) is 5.67. The third-order valence-corrected chi connectivity index (χ3v) is 2.99. The summed E-state index contributed by atoms with van der Waals surface area (Å²) in [6.45, 7) is 6.82. The lowest BCUT2D eigenvalue weighted by atomic mass is 9.82. The SMILES string of the molecule is C/C=C/C=C/C1CCCC1(C)C. The molecule has 68 valence electrons. The van der Waals surface area contributed by atoms with Crippen molar-refractivity contribution in [3.8, 4) is 0 Å². The zero-order valence-electron chi connectivity index (χ0n) is 8.51. The Kier molecular flexibility index (Phi) is 3.13. The smallest absolute Gasteiger partial charge is 0.0179 e. The molecule has 0 saturated heterocycles. The summed E-state index contributed by atoms with van der Waals surface area (Å²) in [5, 5.41) is 0. The first kappa shape index (κ1) is 9.57. The fourth-order valence-electron chi connectivity index (χ4n) is 2.02. The van der Waals surface area contributed by atoms with Gasteiger partial charge in [0.1, 0.15) is 0 Å². The molecule has 1 aliphatic rings. The summed E-state index contributed by atoms with van der Waals surface area (Å²) in [4.78, 5) is 0. The Balaban J connectivity index is 2.52. The van der Waals surface area contributed by atoms with Crippen LogP contribution in [0, 0.1) is 11.3 Å². The highest BCUT2D eigenvalue weighted by Crippen LogP contribution is 2.43. The van der Waals surface area contributed by atoms with Crippen molar-refractivity contribution in [1.82, 2.24) is 0 Å². The lowest BCUT2D eigenvalue weighted by molar-refractivity contribution is 0.309. The molecule has 0 amide bonds. The maximum Gasteiger partial charge on any atom is -0.0179 e. The molecule has 1 fully saturated rings. The van der Waals surface area contributed by atoms with E-state index in [1.165, 1.54) is 19.3 Å². The molecule has 0 aromatic carbocycles. The van der Waals surface area contributed by atoms with Crippen LogP contribution in [-0.4, -0.2) is 0 Å². The third-order valence-electron chi connectivity index (χ3n) is 2.99. The van der Waals surface area contributed by atoms with Crippen molar-refractivity contribution >= 4 is 0 Å². The van der Waals surface area contributed by atoms with Gasteiger partial charge in [0.05, 0.1) is 0 Å². The molecule has 0 heteroatoms. The van der Waals surface area contributed by atoms with Crippen LogP contribution in [0.2, 0.25) is 0 Å². The molecule has 1 saturated carbocycles. The second kappa shape index (κ2) is 3.93. The molecule has 12 heavy (non-hydrogen) atoms. The molecular weight excluding hydrogens is 144 g/mol. The topological polar surface area (TPSA) is 0 Å². The van der Waals surface area contributed by atoms with E-state index in [1.54, 1.807) is 0 Å². The van der Waals surface area contributed by atoms with E-state index in [4.69, 9.17) is 0 Å². The molecule has 0 radical (unpaired) electrons. The monoisotopic (exact) mass is 164 g/mol. The maximum absolute atomic E-state index is 2.38. The van der Waals surface area contributed by atoms with Crippen LogP contribution in [0.15, 0.2) is 24.3 Å². The molecule has 0 heterocycles. The Hall–Kier alpha value is -0.520. The summed E-state index contributed by atoms with van der Waals surface area (Å²) >= 11 is 0. The van der Waals surface area contributed by atoms with Crippen LogP contribution in [0.4, 0.5) is 0 Å². The first-order valence-corrected chi connectivity index (χ1v) is 4.96. The average molecular weight is 164 g/mol. The maximum atomic E-state index is 2.38. The molecule has 0 nitrogen and oxygen atoms in total. The summed E-state index contributed by atoms with van der Waals surface area (Å²) < 4.78 is 0.